The van der Waals surface area contributed by atoms with Gasteiger partial charge in [0.1, 0.15) is 5.82 Å². The van der Waals surface area contributed by atoms with E-state index in [1.54, 1.807) is 12.1 Å². The van der Waals surface area contributed by atoms with E-state index in [2.05, 4.69) is 41.7 Å². The third-order valence-corrected chi connectivity index (χ3v) is 4.74. The van der Waals surface area contributed by atoms with Gasteiger partial charge in [-0.2, -0.15) is 0 Å². The van der Waals surface area contributed by atoms with E-state index in [0.717, 1.165) is 10.7 Å². The molecule has 108 valence electrons. The Hall–Kier alpha value is -0.780. The highest BCUT2D eigenvalue weighted by Gasteiger charge is 2.20. The van der Waals surface area contributed by atoms with E-state index in [1.807, 2.05) is 5.38 Å². The lowest BCUT2D eigenvalue weighted by molar-refractivity contribution is 0.177. The minimum absolute atomic E-state index is 0.000852. The Labute approximate surface area is 130 Å². The summed E-state index contributed by atoms with van der Waals surface area (Å²) in [7, 11) is 0. The van der Waals surface area contributed by atoms with Crippen LogP contribution in [0.15, 0.2) is 28.1 Å². The number of nitrogens with zero attached hydrogens (tertiary/aromatic N) is 1. The number of rotatable bonds is 3. The molecule has 0 aliphatic heterocycles. The van der Waals surface area contributed by atoms with Gasteiger partial charge in [-0.3, -0.25) is 0 Å². The zero-order chi connectivity index (χ0) is 14.9. The number of hydrogen-bond donors (Lipinski definition) is 1. The highest BCUT2D eigenvalue weighted by molar-refractivity contribution is 9.10. The van der Waals surface area contributed by atoms with Crippen LogP contribution in [-0.2, 0) is 11.8 Å². The zero-order valence-corrected chi connectivity index (χ0v) is 14.1. The smallest absolute Gasteiger partial charge is 0.137 e. The van der Waals surface area contributed by atoms with Gasteiger partial charge in [0.15, 0.2) is 0 Å². The summed E-state index contributed by atoms with van der Waals surface area (Å²) in [6.07, 6.45) is -0.373. The molecule has 2 rings (SSSR count). The second kappa shape index (κ2) is 5.92. The molecule has 0 aliphatic rings. The lowest BCUT2D eigenvalue weighted by Gasteiger charge is -2.15. The Morgan fingerprint density at radius 1 is 1.40 bits per heavy atom. The van der Waals surface area contributed by atoms with Crippen LogP contribution in [-0.4, -0.2) is 10.1 Å². The summed E-state index contributed by atoms with van der Waals surface area (Å²) in [4.78, 5) is 4.55. The van der Waals surface area contributed by atoms with Crippen LogP contribution in [0.5, 0.6) is 0 Å². The first-order valence-corrected chi connectivity index (χ1v) is 8.03. The summed E-state index contributed by atoms with van der Waals surface area (Å²) >= 11 is 4.71. The molecule has 1 atom stereocenters. The second-order valence-electron chi connectivity index (χ2n) is 5.74. The normalized spacial score (nSPS) is 13.5. The van der Waals surface area contributed by atoms with Crippen LogP contribution in [0.4, 0.5) is 4.39 Å². The minimum atomic E-state index is -0.765. The predicted molar refractivity (Wildman–Crippen MR) is 83.6 cm³/mol. The molecule has 1 heterocycles. The number of aliphatic hydroxyl groups excluding tert-OH is 1. The first kappa shape index (κ1) is 15.6. The van der Waals surface area contributed by atoms with Crippen molar-refractivity contribution in [3.05, 3.63) is 50.1 Å². The third-order valence-electron chi connectivity index (χ3n) is 3.03. The van der Waals surface area contributed by atoms with Crippen LogP contribution in [0.25, 0.3) is 0 Å². The van der Waals surface area contributed by atoms with Gasteiger partial charge < -0.3 is 5.11 Å². The van der Waals surface area contributed by atoms with Crippen molar-refractivity contribution in [2.45, 2.75) is 38.7 Å². The van der Waals surface area contributed by atoms with Crippen molar-refractivity contribution >= 4 is 27.3 Å². The molecule has 0 aliphatic carbocycles. The van der Waals surface area contributed by atoms with Gasteiger partial charge in [0, 0.05) is 17.2 Å². The van der Waals surface area contributed by atoms with Crippen molar-refractivity contribution in [3.63, 3.8) is 0 Å². The van der Waals surface area contributed by atoms with Gasteiger partial charge in [0.05, 0.1) is 21.3 Å². The molecule has 1 unspecified atom stereocenters. The van der Waals surface area contributed by atoms with E-state index in [1.165, 1.54) is 17.4 Å². The molecule has 2 nitrogen and oxygen atoms in total. The van der Waals surface area contributed by atoms with Crippen molar-refractivity contribution in [3.8, 4) is 0 Å². The molecular formula is C15H17BrFNOS. The van der Waals surface area contributed by atoms with E-state index in [9.17, 15) is 9.50 Å². The summed E-state index contributed by atoms with van der Waals surface area (Å²) in [6, 6.07) is 4.68. The summed E-state index contributed by atoms with van der Waals surface area (Å²) in [6.45, 7) is 6.31. The van der Waals surface area contributed by atoms with Crippen LogP contribution in [0.1, 0.15) is 43.1 Å². The van der Waals surface area contributed by atoms with E-state index >= 15 is 0 Å². The standard InChI is InChI=1S/C15H17BrFNOS/c1-15(2,3)12-8-20-13(18-12)7-11(19)9-5-4-6-10(17)14(9)16/h4-6,8,11,19H,7H2,1-3H3. The minimum Gasteiger partial charge on any atom is -0.388 e. The zero-order valence-electron chi connectivity index (χ0n) is 11.7. The van der Waals surface area contributed by atoms with Crippen LogP contribution in [0.2, 0.25) is 0 Å². The lowest BCUT2D eigenvalue weighted by Crippen LogP contribution is -2.12. The highest BCUT2D eigenvalue weighted by atomic mass is 79.9. The highest BCUT2D eigenvalue weighted by Crippen LogP contribution is 2.30. The molecule has 0 saturated heterocycles. The largest absolute Gasteiger partial charge is 0.388 e. The molecule has 2 aromatic rings. The predicted octanol–water partition coefficient (Wildman–Crippen LogP) is 4.62. The van der Waals surface area contributed by atoms with Crippen molar-refractivity contribution in [2.24, 2.45) is 0 Å². The average molecular weight is 358 g/mol. The first-order chi connectivity index (χ1) is 9.29. The Morgan fingerprint density at radius 2 is 2.10 bits per heavy atom. The number of halogens is 2. The Kier molecular flexibility index (Phi) is 4.62. The van der Waals surface area contributed by atoms with Gasteiger partial charge in [-0.1, -0.05) is 32.9 Å². The molecule has 0 amide bonds. The maximum atomic E-state index is 13.5. The molecule has 0 spiro atoms. The fraction of sp³-hybridized carbons (Fsp3) is 0.400. The van der Waals surface area contributed by atoms with Gasteiger partial charge in [-0.25, -0.2) is 9.37 Å². The molecular weight excluding hydrogens is 341 g/mol. The van der Waals surface area contributed by atoms with E-state index < -0.39 is 6.10 Å². The molecule has 0 radical (unpaired) electrons. The summed E-state index contributed by atoms with van der Waals surface area (Å²) in [5.41, 5.74) is 1.57. The summed E-state index contributed by atoms with van der Waals surface area (Å²) < 4.78 is 13.8. The molecule has 1 N–H and O–H groups in total. The Morgan fingerprint density at radius 3 is 2.70 bits per heavy atom. The number of aromatic nitrogens is 1. The average Bonchev–Trinajstić information content (AvgIpc) is 2.81. The number of hydrogen-bond acceptors (Lipinski definition) is 3. The number of thiazole rings is 1. The van der Waals surface area contributed by atoms with Gasteiger partial charge >= 0.3 is 0 Å². The lowest BCUT2D eigenvalue weighted by atomic mass is 9.93. The van der Waals surface area contributed by atoms with Crippen LogP contribution in [0, 0.1) is 5.82 Å². The number of benzene rings is 1. The van der Waals surface area contributed by atoms with Crippen molar-refractivity contribution in [1.29, 1.82) is 0 Å². The van der Waals surface area contributed by atoms with Crippen molar-refractivity contribution in [1.82, 2.24) is 4.98 Å². The van der Waals surface area contributed by atoms with Crippen LogP contribution in [0.3, 0.4) is 0 Å². The molecule has 0 fully saturated rings. The molecule has 5 heteroatoms. The molecule has 0 bridgehead atoms. The third kappa shape index (κ3) is 3.45. The number of aliphatic hydroxyl groups is 1. The topological polar surface area (TPSA) is 33.1 Å². The van der Waals surface area contributed by atoms with Crippen LogP contribution >= 0.6 is 27.3 Å². The molecule has 0 saturated carbocycles. The molecule has 1 aromatic heterocycles. The first-order valence-electron chi connectivity index (χ1n) is 6.36. The van der Waals surface area contributed by atoms with Crippen molar-refractivity contribution in [2.75, 3.05) is 0 Å². The Balaban J connectivity index is 2.18. The van der Waals surface area contributed by atoms with Gasteiger partial charge in [0.2, 0.25) is 0 Å². The van der Waals surface area contributed by atoms with Gasteiger partial charge in [0.25, 0.3) is 0 Å². The van der Waals surface area contributed by atoms with E-state index in [0.29, 0.717) is 16.5 Å². The SMILES string of the molecule is CC(C)(C)c1csc(CC(O)c2cccc(F)c2Br)n1. The molecule has 20 heavy (non-hydrogen) atoms. The van der Waals surface area contributed by atoms with E-state index in [4.69, 9.17) is 0 Å². The van der Waals surface area contributed by atoms with Crippen LogP contribution < -0.4 is 0 Å². The van der Waals surface area contributed by atoms with Gasteiger partial charge in [-0.05, 0) is 27.6 Å². The summed E-state index contributed by atoms with van der Waals surface area (Å²) in [5, 5.41) is 13.1. The fourth-order valence-electron chi connectivity index (χ4n) is 1.80. The summed E-state index contributed by atoms with van der Waals surface area (Å²) in [5.74, 6) is -0.365. The molecule has 1 aromatic carbocycles. The van der Waals surface area contributed by atoms with Gasteiger partial charge in [-0.15, -0.1) is 11.3 Å². The van der Waals surface area contributed by atoms with E-state index in [-0.39, 0.29) is 11.2 Å². The fourth-order valence-corrected chi connectivity index (χ4v) is 3.39. The Bertz CT molecular complexity index is 606. The monoisotopic (exact) mass is 357 g/mol. The quantitative estimate of drug-likeness (QED) is 0.869. The maximum Gasteiger partial charge on any atom is 0.137 e. The second-order valence-corrected chi connectivity index (χ2v) is 7.48. The van der Waals surface area contributed by atoms with Crippen molar-refractivity contribution < 1.29 is 9.50 Å². The maximum absolute atomic E-state index is 13.5.